The van der Waals surface area contributed by atoms with Crippen LogP contribution in [0.5, 0.6) is 5.75 Å². The second-order valence-electron chi connectivity index (χ2n) is 4.35. The lowest BCUT2D eigenvalue weighted by Gasteiger charge is -2.13. The highest BCUT2D eigenvalue weighted by atomic mass is 35.5. The number of aliphatic hydroxyl groups excluding tert-OH is 1. The van der Waals surface area contributed by atoms with Gasteiger partial charge < -0.3 is 24.6 Å². The van der Waals surface area contributed by atoms with Crippen molar-refractivity contribution in [1.82, 2.24) is 5.32 Å². The fourth-order valence-corrected chi connectivity index (χ4v) is 1.86. The first kappa shape index (κ1) is 17.2. The monoisotopic (exact) mass is 303 g/mol. The van der Waals surface area contributed by atoms with E-state index in [1.54, 1.807) is 13.2 Å². The summed E-state index contributed by atoms with van der Waals surface area (Å²) in [6, 6.07) is 5.58. The molecule has 0 saturated carbocycles. The fraction of sp³-hybridized carbons (Fsp3) is 0.571. The number of aliphatic hydroxyl groups is 1. The van der Waals surface area contributed by atoms with Gasteiger partial charge in [0.15, 0.2) is 0 Å². The smallest absolute Gasteiger partial charge is 0.138 e. The summed E-state index contributed by atoms with van der Waals surface area (Å²) >= 11 is 6.14. The van der Waals surface area contributed by atoms with Gasteiger partial charge in [-0.05, 0) is 17.7 Å². The van der Waals surface area contributed by atoms with E-state index >= 15 is 0 Å². The van der Waals surface area contributed by atoms with E-state index < -0.39 is 6.10 Å². The summed E-state index contributed by atoms with van der Waals surface area (Å²) in [7, 11) is 3.20. The molecule has 6 heteroatoms. The summed E-state index contributed by atoms with van der Waals surface area (Å²) in [4.78, 5) is 0. The van der Waals surface area contributed by atoms with Gasteiger partial charge in [-0.1, -0.05) is 17.7 Å². The Morgan fingerprint density at radius 3 is 2.70 bits per heavy atom. The number of nitrogens with one attached hydrogen (secondary N) is 1. The Labute approximate surface area is 124 Å². The lowest BCUT2D eigenvalue weighted by atomic mass is 10.2. The van der Waals surface area contributed by atoms with E-state index in [1.165, 1.54) is 7.11 Å². The van der Waals surface area contributed by atoms with Crippen LogP contribution in [-0.2, 0) is 16.0 Å². The minimum absolute atomic E-state index is 0.152. The van der Waals surface area contributed by atoms with Gasteiger partial charge in [-0.3, -0.25) is 0 Å². The third-order valence-electron chi connectivity index (χ3n) is 2.60. The van der Waals surface area contributed by atoms with Crippen molar-refractivity contribution < 1.29 is 19.3 Å². The summed E-state index contributed by atoms with van der Waals surface area (Å²) in [6.07, 6.45) is -0.661. The molecule has 0 bridgehead atoms. The van der Waals surface area contributed by atoms with Crippen LogP contribution in [0, 0.1) is 0 Å². The zero-order valence-electron chi connectivity index (χ0n) is 11.9. The van der Waals surface area contributed by atoms with Crippen LogP contribution in [0.2, 0.25) is 5.02 Å². The number of hydrogen-bond donors (Lipinski definition) is 2. The van der Waals surface area contributed by atoms with E-state index in [2.05, 4.69) is 5.32 Å². The molecule has 0 aliphatic carbocycles. The molecule has 0 fully saturated rings. The van der Waals surface area contributed by atoms with Crippen molar-refractivity contribution in [2.24, 2.45) is 0 Å². The number of ether oxygens (including phenoxy) is 3. The van der Waals surface area contributed by atoms with Crippen LogP contribution in [0.1, 0.15) is 5.56 Å². The number of methoxy groups -OCH3 is 2. The lowest BCUT2D eigenvalue weighted by Crippen LogP contribution is -2.22. The zero-order chi connectivity index (χ0) is 14.8. The van der Waals surface area contributed by atoms with Gasteiger partial charge in [-0.15, -0.1) is 0 Å². The van der Waals surface area contributed by atoms with Gasteiger partial charge in [0.25, 0.3) is 0 Å². The van der Waals surface area contributed by atoms with Crippen molar-refractivity contribution in [2.45, 2.75) is 12.6 Å². The number of halogens is 1. The predicted octanol–water partition coefficient (Wildman–Crippen LogP) is 1.46. The van der Waals surface area contributed by atoms with E-state index in [0.29, 0.717) is 17.4 Å². The molecule has 0 heterocycles. The molecule has 0 spiro atoms. The van der Waals surface area contributed by atoms with E-state index in [-0.39, 0.29) is 13.2 Å². The van der Waals surface area contributed by atoms with E-state index in [9.17, 15) is 5.11 Å². The highest BCUT2D eigenvalue weighted by Crippen LogP contribution is 2.25. The second kappa shape index (κ2) is 9.96. The van der Waals surface area contributed by atoms with Crippen LogP contribution in [0.4, 0.5) is 0 Å². The predicted molar refractivity (Wildman–Crippen MR) is 78.4 cm³/mol. The summed E-state index contributed by atoms with van der Waals surface area (Å²) in [5.74, 6) is 0.558. The molecule has 1 aromatic rings. The second-order valence-corrected chi connectivity index (χ2v) is 4.76. The zero-order valence-corrected chi connectivity index (χ0v) is 12.7. The first-order valence-corrected chi connectivity index (χ1v) is 6.83. The molecule has 0 amide bonds. The molecular weight excluding hydrogens is 282 g/mol. The lowest BCUT2D eigenvalue weighted by molar-refractivity contribution is 0.0326. The Morgan fingerprint density at radius 2 is 2.05 bits per heavy atom. The molecule has 1 aromatic carbocycles. The summed E-state index contributed by atoms with van der Waals surface area (Å²) in [6.45, 7) is 2.57. The fourth-order valence-electron chi connectivity index (χ4n) is 1.60. The Hall–Kier alpha value is -0.850. The maximum absolute atomic E-state index is 9.51. The van der Waals surface area contributed by atoms with Crippen LogP contribution in [0.3, 0.4) is 0 Å². The minimum Gasteiger partial charge on any atom is -0.489 e. The molecule has 1 rings (SSSR count). The van der Waals surface area contributed by atoms with Crippen LogP contribution >= 0.6 is 11.6 Å². The quantitative estimate of drug-likeness (QED) is 0.641. The van der Waals surface area contributed by atoms with Crippen LogP contribution in [-0.4, -0.2) is 51.8 Å². The Bertz CT molecular complexity index is 389. The highest BCUT2D eigenvalue weighted by Gasteiger charge is 2.07. The summed E-state index contributed by atoms with van der Waals surface area (Å²) in [5, 5.41) is 13.3. The van der Waals surface area contributed by atoms with Crippen molar-refractivity contribution in [1.29, 1.82) is 0 Å². The van der Waals surface area contributed by atoms with Crippen molar-refractivity contribution in [2.75, 3.05) is 40.6 Å². The van der Waals surface area contributed by atoms with Crippen molar-refractivity contribution in [3.05, 3.63) is 28.8 Å². The normalized spacial score (nSPS) is 12.4. The van der Waals surface area contributed by atoms with Crippen LogP contribution < -0.4 is 10.1 Å². The van der Waals surface area contributed by atoms with E-state index in [1.807, 2.05) is 12.1 Å². The number of rotatable bonds is 10. The van der Waals surface area contributed by atoms with Gasteiger partial charge in [0.2, 0.25) is 0 Å². The first-order valence-electron chi connectivity index (χ1n) is 6.45. The first-order chi connectivity index (χ1) is 9.67. The van der Waals surface area contributed by atoms with Gasteiger partial charge in [-0.2, -0.15) is 0 Å². The highest BCUT2D eigenvalue weighted by molar-refractivity contribution is 6.32. The molecule has 5 nitrogen and oxygen atoms in total. The SMILES string of the molecule is COCCNCc1ccc(OCC(O)COC)c(Cl)c1. The summed E-state index contributed by atoms with van der Waals surface area (Å²) in [5.41, 5.74) is 1.07. The van der Waals surface area contributed by atoms with Crippen molar-refractivity contribution in [3.8, 4) is 5.75 Å². The van der Waals surface area contributed by atoms with Crippen molar-refractivity contribution in [3.63, 3.8) is 0 Å². The van der Waals surface area contributed by atoms with E-state index in [4.69, 9.17) is 25.8 Å². The van der Waals surface area contributed by atoms with Crippen LogP contribution in [0.15, 0.2) is 18.2 Å². The van der Waals surface area contributed by atoms with Crippen molar-refractivity contribution >= 4 is 11.6 Å². The Balaban J connectivity index is 2.42. The van der Waals surface area contributed by atoms with Crippen LogP contribution in [0.25, 0.3) is 0 Å². The van der Waals surface area contributed by atoms with Gasteiger partial charge in [0.05, 0.1) is 18.2 Å². The van der Waals surface area contributed by atoms with E-state index in [0.717, 1.165) is 18.7 Å². The largest absolute Gasteiger partial charge is 0.489 e. The molecule has 0 saturated heterocycles. The van der Waals surface area contributed by atoms with Gasteiger partial charge in [-0.25, -0.2) is 0 Å². The maximum atomic E-state index is 9.51. The number of hydrogen-bond acceptors (Lipinski definition) is 5. The third-order valence-corrected chi connectivity index (χ3v) is 2.89. The Morgan fingerprint density at radius 1 is 1.25 bits per heavy atom. The molecule has 0 radical (unpaired) electrons. The molecule has 20 heavy (non-hydrogen) atoms. The molecule has 1 unspecified atom stereocenters. The third kappa shape index (κ3) is 6.54. The molecule has 0 aliphatic rings. The van der Waals surface area contributed by atoms with Gasteiger partial charge >= 0.3 is 0 Å². The minimum atomic E-state index is -0.661. The van der Waals surface area contributed by atoms with Gasteiger partial charge in [0, 0.05) is 27.3 Å². The number of benzene rings is 1. The summed E-state index contributed by atoms with van der Waals surface area (Å²) < 4.78 is 15.2. The molecule has 0 aliphatic heterocycles. The topological polar surface area (TPSA) is 60.0 Å². The maximum Gasteiger partial charge on any atom is 0.138 e. The molecular formula is C14H22ClNO4. The molecule has 114 valence electrons. The molecule has 1 atom stereocenters. The standard InChI is InChI=1S/C14H22ClNO4/c1-18-6-5-16-8-11-3-4-14(13(15)7-11)20-10-12(17)9-19-2/h3-4,7,12,16-17H,5-6,8-10H2,1-2H3. The Kier molecular flexibility index (Phi) is 8.57. The molecule has 0 aromatic heterocycles. The molecule has 2 N–H and O–H groups in total. The average molecular weight is 304 g/mol. The average Bonchev–Trinajstić information content (AvgIpc) is 2.43. The van der Waals surface area contributed by atoms with Gasteiger partial charge in [0.1, 0.15) is 18.5 Å².